The van der Waals surface area contributed by atoms with Crippen LogP contribution >= 0.6 is 23.4 Å². The topological polar surface area (TPSA) is 63.2 Å². The number of halogens is 1. The number of carbonyl (C=O) groups is 1. The van der Waals surface area contributed by atoms with Crippen LogP contribution in [0.5, 0.6) is 0 Å². The average Bonchev–Trinajstić information content (AvgIpc) is 2.67. The summed E-state index contributed by atoms with van der Waals surface area (Å²) >= 11 is 7.72. The molecule has 1 amide bonds. The molecule has 0 unspecified atom stereocenters. The molecule has 0 bridgehead atoms. The minimum Gasteiger partial charge on any atom is -0.325 e. The Bertz CT molecular complexity index is 1070. The van der Waals surface area contributed by atoms with E-state index in [0.717, 1.165) is 15.7 Å². The van der Waals surface area contributed by atoms with Gasteiger partial charge in [-0.05, 0) is 41.8 Å². The van der Waals surface area contributed by atoms with Crippen LogP contribution < -0.4 is 5.32 Å². The summed E-state index contributed by atoms with van der Waals surface area (Å²) in [6.07, 6.45) is 0. The summed E-state index contributed by atoms with van der Waals surface area (Å²) in [5, 5.41) is 5.41. The van der Waals surface area contributed by atoms with Gasteiger partial charge in [0, 0.05) is 21.0 Å². The first-order valence-electron chi connectivity index (χ1n) is 8.33. The van der Waals surface area contributed by atoms with Gasteiger partial charge in [0.05, 0.1) is 16.4 Å². The molecule has 0 atom stereocenters. The van der Waals surface area contributed by atoms with E-state index in [4.69, 9.17) is 11.6 Å². The molecule has 0 spiro atoms. The lowest BCUT2D eigenvalue weighted by Crippen LogP contribution is -2.14. The van der Waals surface area contributed by atoms with E-state index in [0.29, 0.717) is 10.7 Å². The number of anilines is 1. The van der Waals surface area contributed by atoms with Gasteiger partial charge in [-0.2, -0.15) is 0 Å². The van der Waals surface area contributed by atoms with Crippen molar-refractivity contribution in [2.45, 2.75) is 16.7 Å². The zero-order valence-corrected chi connectivity index (χ0v) is 17.0. The van der Waals surface area contributed by atoms with Crippen LogP contribution in [0.25, 0.3) is 10.8 Å². The van der Waals surface area contributed by atoms with Crippen LogP contribution in [0.3, 0.4) is 0 Å². The van der Waals surface area contributed by atoms with E-state index in [-0.39, 0.29) is 22.3 Å². The number of carbonyl (C=O) groups excluding carboxylic acids is 1. The van der Waals surface area contributed by atoms with Crippen molar-refractivity contribution in [1.29, 1.82) is 0 Å². The van der Waals surface area contributed by atoms with Crippen molar-refractivity contribution in [3.63, 3.8) is 0 Å². The Morgan fingerprint density at radius 2 is 1.70 bits per heavy atom. The van der Waals surface area contributed by atoms with E-state index in [1.807, 2.05) is 36.4 Å². The van der Waals surface area contributed by atoms with Crippen molar-refractivity contribution in [3.05, 3.63) is 65.7 Å². The fraction of sp³-hybridized carbons (Fsp3) is 0.150. The standard InChI is InChI=1S/C20H18ClNO3S2/c1-2-27(24,25)16-11-9-15(10-12-16)22-19(23)13-26-18-8-4-6-14-5-3-7-17(21)20(14)18/h3-12H,2,13H2,1H3,(H,22,23). The molecule has 3 aromatic carbocycles. The summed E-state index contributed by atoms with van der Waals surface area (Å²) < 4.78 is 23.7. The largest absolute Gasteiger partial charge is 0.325 e. The summed E-state index contributed by atoms with van der Waals surface area (Å²) in [6, 6.07) is 17.8. The van der Waals surface area contributed by atoms with Crippen molar-refractivity contribution in [1.82, 2.24) is 0 Å². The molecule has 0 heterocycles. The summed E-state index contributed by atoms with van der Waals surface area (Å²) in [5.41, 5.74) is 0.562. The Labute approximate surface area is 167 Å². The van der Waals surface area contributed by atoms with Crippen molar-refractivity contribution < 1.29 is 13.2 Å². The molecule has 140 valence electrons. The number of hydrogen-bond donors (Lipinski definition) is 1. The third-order valence-electron chi connectivity index (χ3n) is 4.05. The highest BCUT2D eigenvalue weighted by molar-refractivity contribution is 8.00. The van der Waals surface area contributed by atoms with Gasteiger partial charge in [0.25, 0.3) is 0 Å². The first kappa shape index (κ1) is 19.7. The number of sulfone groups is 1. The minimum atomic E-state index is -3.24. The van der Waals surface area contributed by atoms with Crippen molar-refractivity contribution in [3.8, 4) is 0 Å². The number of nitrogens with one attached hydrogen (secondary N) is 1. The van der Waals surface area contributed by atoms with E-state index < -0.39 is 9.84 Å². The second-order valence-electron chi connectivity index (χ2n) is 5.86. The zero-order valence-electron chi connectivity index (χ0n) is 14.6. The van der Waals surface area contributed by atoms with E-state index in [2.05, 4.69) is 5.32 Å². The van der Waals surface area contributed by atoms with Gasteiger partial charge >= 0.3 is 0 Å². The molecule has 0 aromatic heterocycles. The molecule has 3 rings (SSSR count). The predicted octanol–water partition coefficient (Wildman–Crippen LogP) is 5.02. The van der Waals surface area contributed by atoms with Crippen LogP contribution in [0.1, 0.15) is 6.92 Å². The van der Waals surface area contributed by atoms with Crippen molar-refractivity contribution in [2.24, 2.45) is 0 Å². The zero-order chi connectivity index (χ0) is 19.4. The number of rotatable bonds is 6. The summed E-state index contributed by atoms with van der Waals surface area (Å²) in [7, 11) is -3.24. The monoisotopic (exact) mass is 419 g/mol. The highest BCUT2D eigenvalue weighted by Gasteiger charge is 2.12. The molecule has 0 aliphatic heterocycles. The lowest BCUT2D eigenvalue weighted by atomic mass is 10.1. The Kier molecular flexibility index (Phi) is 6.09. The van der Waals surface area contributed by atoms with E-state index in [1.54, 1.807) is 19.1 Å². The van der Waals surface area contributed by atoms with Gasteiger partial charge in [-0.15, -0.1) is 11.8 Å². The Morgan fingerprint density at radius 3 is 2.37 bits per heavy atom. The molecule has 0 aliphatic carbocycles. The lowest BCUT2D eigenvalue weighted by molar-refractivity contribution is -0.113. The summed E-state index contributed by atoms with van der Waals surface area (Å²) in [6.45, 7) is 1.60. The molecule has 0 saturated heterocycles. The second kappa shape index (κ2) is 8.33. The number of hydrogen-bond acceptors (Lipinski definition) is 4. The lowest BCUT2D eigenvalue weighted by Gasteiger charge is -2.09. The highest BCUT2D eigenvalue weighted by atomic mass is 35.5. The molecule has 0 aliphatic rings. The van der Waals surface area contributed by atoms with Crippen LogP contribution in [-0.4, -0.2) is 25.8 Å². The molecule has 0 saturated carbocycles. The van der Waals surface area contributed by atoms with Gasteiger partial charge in [-0.1, -0.05) is 42.8 Å². The second-order valence-corrected chi connectivity index (χ2v) is 9.56. The molecular weight excluding hydrogens is 402 g/mol. The number of fused-ring (bicyclic) bond motifs is 1. The Balaban J connectivity index is 1.67. The smallest absolute Gasteiger partial charge is 0.234 e. The first-order chi connectivity index (χ1) is 12.9. The Hall–Kier alpha value is -2.02. The first-order valence-corrected chi connectivity index (χ1v) is 11.3. The van der Waals surface area contributed by atoms with Gasteiger partial charge < -0.3 is 5.32 Å². The maximum Gasteiger partial charge on any atom is 0.234 e. The van der Waals surface area contributed by atoms with E-state index >= 15 is 0 Å². The number of thioether (sulfide) groups is 1. The van der Waals surface area contributed by atoms with Gasteiger partial charge in [-0.3, -0.25) is 4.79 Å². The van der Waals surface area contributed by atoms with Crippen LogP contribution in [0, 0.1) is 0 Å². The Morgan fingerprint density at radius 1 is 1.04 bits per heavy atom. The van der Waals surface area contributed by atoms with Crippen molar-refractivity contribution in [2.75, 3.05) is 16.8 Å². The van der Waals surface area contributed by atoms with E-state index in [9.17, 15) is 13.2 Å². The number of amides is 1. The predicted molar refractivity (Wildman–Crippen MR) is 112 cm³/mol. The molecule has 0 fully saturated rings. The quantitative estimate of drug-likeness (QED) is 0.570. The van der Waals surface area contributed by atoms with Crippen LogP contribution in [0.4, 0.5) is 5.69 Å². The van der Waals surface area contributed by atoms with Crippen molar-refractivity contribution >= 4 is 55.6 Å². The van der Waals surface area contributed by atoms with Gasteiger partial charge in [0.15, 0.2) is 9.84 Å². The van der Waals surface area contributed by atoms with Crippen LogP contribution in [0.2, 0.25) is 5.02 Å². The molecule has 7 heteroatoms. The SMILES string of the molecule is CCS(=O)(=O)c1ccc(NC(=O)CSc2cccc3cccc(Cl)c23)cc1. The summed E-state index contributed by atoms with van der Waals surface area (Å²) in [4.78, 5) is 13.5. The van der Waals surface area contributed by atoms with Gasteiger partial charge in [0.1, 0.15) is 0 Å². The maximum atomic E-state index is 12.3. The molecule has 1 N–H and O–H groups in total. The van der Waals surface area contributed by atoms with Gasteiger partial charge in [0.2, 0.25) is 5.91 Å². The minimum absolute atomic E-state index is 0.0446. The summed E-state index contributed by atoms with van der Waals surface area (Å²) in [5.74, 6) is 0.0950. The molecule has 3 aromatic rings. The molecule has 27 heavy (non-hydrogen) atoms. The van der Waals surface area contributed by atoms with Gasteiger partial charge in [-0.25, -0.2) is 8.42 Å². The third-order valence-corrected chi connectivity index (χ3v) is 7.17. The van der Waals surface area contributed by atoms with Crippen LogP contribution in [-0.2, 0) is 14.6 Å². The normalized spacial score (nSPS) is 11.5. The maximum absolute atomic E-state index is 12.3. The van der Waals surface area contributed by atoms with Crippen LogP contribution in [0.15, 0.2) is 70.5 Å². The van der Waals surface area contributed by atoms with E-state index in [1.165, 1.54) is 23.9 Å². The number of benzene rings is 3. The average molecular weight is 420 g/mol. The fourth-order valence-electron chi connectivity index (χ4n) is 2.64. The highest BCUT2D eigenvalue weighted by Crippen LogP contribution is 2.33. The molecule has 0 radical (unpaired) electrons. The molecular formula is C20H18ClNO3S2. The molecule has 4 nitrogen and oxygen atoms in total. The third kappa shape index (κ3) is 4.64. The fourth-order valence-corrected chi connectivity index (χ4v) is 4.76.